The van der Waals surface area contributed by atoms with E-state index in [9.17, 15) is 0 Å². The van der Waals surface area contributed by atoms with Crippen molar-refractivity contribution in [2.45, 2.75) is 19.2 Å². The number of aryl methyl sites for hydroxylation is 1. The molecule has 68 valence electrons. The fraction of sp³-hybridized carbons (Fsp3) is 0.400. The first-order valence-corrected chi connectivity index (χ1v) is 4.32. The molecule has 0 saturated heterocycles. The topological polar surface area (TPSA) is 48.8 Å². The quantitative estimate of drug-likeness (QED) is 0.286. The Hall–Kier alpha value is -1.47. The molecule has 1 rings (SSSR count). The van der Waals surface area contributed by atoms with Gasteiger partial charge in [-0.1, -0.05) is 35.4 Å². The highest BCUT2D eigenvalue weighted by molar-refractivity contribution is 5.14. The van der Waals surface area contributed by atoms with E-state index in [0.717, 1.165) is 18.4 Å². The molecule has 1 aromatic carbocycles. The molecule has 0 spiro atoms. The maximum atomic E-state index is 8.06. The van der Waals surface area contributed by atoms with Gasteiger partial charge in [0.1, 0.15) is 0 Å². The van der Waals surface area contributed by atoms with E-state index >= 15 is 0 Å². The predicted molar refractivity (Wildman–Crippen MR) is 53.4 cm³/mol. The Balaban J connectivity index is 2.35. The number of azide groups is 1. The van der Waals surface area contributed by atoms with Crippen molar-refractivity contribution in [1.29, 1.82) is 0 Å². The average molecular weight is 176 g/mol. The Morgan fingerprint density at radius 3 is 2.77 bits per heavy atom. The fourth-order valence-corrected chi connectivity index (χ4v) is 1.06. The summed E-state index contributed by atoms with van der Waals surface area (Å²) >= 11 is 0. The minimum absolute atomic E-state index is 0.204. The lowest BCUT2D eigenvalue weighted by atomic mass is 10.1. The lowest BCUT2D eigenvalue weighted by Crippen LogP contribution is -1.86. The molecular weight excluding hydrogens is 162 g/mol. The molecule has 3 nitrogen and oxygen atoms in total. The van der Waals surface area contributed by atoms with Gasteiger partial charge in [0.15, 0.2) is 0 Å². The molecule has 0 fully saturated rings. The molecule has 0 N–H and O–H groups in total. The zero-order chi connectivity index (χ0) is 10.2. The molecule has 0 aliphatic carbocycles. The van der Waals surface area contributed by atoms with Crippen LogP contribution in [-0.4, -0.2) is 6.54 Å². The van der Waals surface area contributed by atoms with E-state index in [1.165, 1.54) is 0 Å². The van der Waals surface area contributed by atoms with E-state index < -0.39 is 0 Å². The van der Waals surface area contributed by atoms with Gasteiger partial charge in [0.05, 0.1) is 0 Å². The average Bonchev–Trinajstić information content (AvgIpc) is 2.25. The summed E-state index contributed by atoms with van der Waals surface area (Å²) < 4.78 is 7.81. The van der Waals surface area contributed by atoms with Gasteiger partial charge in [0, 0.05) is 12.8 Å². The van der Waals surface area contributed by atoms with Crippen LogP contribution < -0.4 is 0 Å². The summed E-state index contributed by atoms with van der Waals surface area (Å²) in [6, 6.07) is 9.71. The molecule has 0 heterocycles. The molecule has 0 saturated carbocycles. The summed E-state index contributed by atoms with van der Waals surface area (Å²) in [7, 11) is 0. The maximum Gasteiger partial charge on any atom is 0.0316 e. The van der Waals surface area contributed by atoms with Crippen LogP contribution in [0.4, 0.5) is 0 Å². The highest BCUT2D eigenvalue weighted by atomic mass is 15.1. The van der Waals surface area contributed by atoms with E-state index in [2.05, 4.69) is 10.0 Å². The molecule has 0 amide bonds. The summed E-state index contributed by atoms with van der Waals surface area (Å²) in [6.07, 6.45) is 1.31. The second kappa shape index (κ2) is 6.09. The lowest BCUT2D eigenvalue weighted by Gasteiger charge is -1.98. The first-order chi connectivity index (χ1) is 6.84. The third kappa shape index (κ3) is 4.19. The van der Waals surface area contributed by atoms with Gasteiger partial charge in [-0.25, -0.2) is 0 Å². The molecule has 13 heavy (non-hydrogen) atoms. The van der Waals surface area contributed by atoms with Gasteiger partial charge < -0.3 is 0 Å². The summed E-state index contributed by atoms with van der Waals surface area (Å²) in [5.74, 6) is 0. The smallest absolute Gasteiger partial charge is 0.0316 e. The molecule has 0 aliphatic rings. The largest absolute Gasteiger partial charge is 0.0940 e. The minimum atomic E-state index is -0.204. The molecule has 1 unspecified atom stereocenters. The van der Waals surface area contributed by atoms with Crippen LogP contribution in [-0.2, 0) is 6.40 Å². The van der Waals surface area contributed by atoms with E-state index in [0.29, 0.717) is 6.54 Å². The van der Waals surface area contributed by atoms with E-state index in [1.807, 2.05) is 30.3 Å². The number of rotatable bonds is 5. The number of hydrogen-bond donors (Lipinski definition) is 0. The van der Waals surface area contributed by atoms with Gasteiger partial charge in [-0.05, 0) is 30.3 Å². The van der Waals surface area contributed by atoms with Crippen LogP contribution in [0.25, 0.3) is 10.4 Å². The monoisotopic (exact) mass is 176 g/mol. The minimum Gasteiger partial charge on any atom is -0.0940 e. The SMILES string of the molecule is [2H]C(CCCN=[N+]=[N-])c1ccccc1. The van der Waals surface area contributed by atoms with Gasteiger partial charge >= 0.3 is 0 Å². The van der Waals surface area contributed by atoms with Gasteiger partial charge in [0.25, 0.3) is 0 Å². The van der Waals surface area contributed by atoms with Gasteiger partial charge in [-0.3, -0.25) is 0 Å². The van der Waals surface area contributed by atoms with Crippen LogP contribution in [0.1, 0.15) is 19.8 Å². The molecule has 0 aliphatic heterocycles. The normalized spacial score (nSPS) is 12.8. The Bertz CT molecular complexity index is 306. The van der Waals surface area contributed by atoms with Crippen LogP contribution in [0.3, 0.4) is 0 Å². The highest BCUT2D eigenvalue weighted by Gasteiger charge is 1.90. The molecular formula is C10H13N3. The zero-order valence-electron chi connectivity index (χ0n) is 8.43. The summed E-state index contributed by atoms with van der Waals surface area (Å²) in [5.41, 5.74) is 9.08. The Morgan fingerprint density at radius 1 is 1.31 bits per heavy atom. The van der Waals surface area contributed by atoms with Crippen LogP contribution in [0.2, 0.25) is 0 Å². The molecule has 0 aromatic heterocycles. The van der Waals surface area contributed by atoms with Crippen LogP contribution in [0.15, 0.2) is 35.4 Å². The van der Waals surface area contributed by atoms with Crippen LogP contribution in [0.5, 0.6) is 0 Å². The molecule has 3 heteroatoms. The van der Waals surface area contributed by atoms with Crippen molar-refractivity contribution in [1.82, 2.24) is 0 Å². The predicted octanol–water partition coefficient (Wildman–Crippen LogP) is 3.32. The summed E-state index contributed by atoms with van der Waals surface area (Å²) in [5, 5.41) is 3.43. The molecule has 0 bridgehead atoms. The van der Waals surface area contributed by atoms with Crippen LogP contribution in [0, 0.1) is 0 Å². The molecule has 1 atom stereocenters. The van der Waals surface area contributed by atoms with E-state index in [-0.39, 0.29) is 6.40 Å². The van der Waals surface area contributed by atoms with Crippen molar-refractivity contribution < 1.29 is 1.37 Å². The standard InChI is InChI=1S/C10H13N3/c11-13-12-9-5-4-8-10-6-2-1-3-7-10/h1-3,6-7H,4-5,8-9H2/i8D. The van der Waals surface area contributed by atoms with Gasteiger partial charge in [0.2, 0.25) is 0 Å². The van der Waals surface area contributed by atoms with Crippen molar-refractivity contribution in [3.8, 4) is 0 Å². The molecule has 1 aromatic rings. The third-order valence-electron chi connectivity index (χ3n) is 1.71. The zero-order valence-corrected chi connectivity index (χ0v) is 7.43. The fourth-order valence-electron chi connectivity index (χ4n) is 1.06. The summed E-state index contributed by atoms with van der Waals surface area (Å²) in [6.45, 7) is 0.485. The Morgan fingerprint density at radius 2 is 2.08 bits per heavy atom. The summed E-state index contributed by atoms with van der Waals surface area (Å²) in [4.78, 5) is 2.67. The number of hydrogen-bond acceptors (Lipinski definition) is 1. The lowest BCUT2D eigenvalue weighted by molar-refractivity contribution is 0.742. The van der Waals surface area contributed by atoms with Crippen molar-refractivity contribution in [3.05, 3.63) is 46.3 Å². The van der Waals surface area contributed by atoms with E-state index in [1.54, 1.807) is 0 Å². The van der Waals surface area contributed by atoms with E-state index in [4.69, 9.17) is 6.90 Å². The Kier molecular flexibility index (Phi) is 3.82. The first-order valence-electron chi connectivity index (χ1n) is 4.90. The van der Waals surface area contributed by atoms with Crippen molar-refractivity contribution >= 4 is 0 Å². The van der Waals surface area contributed by atoms with Gasteiger partial charge in [-0.2, -0.15) is 0 Å². The molecule has 0 radical (unpaired) electrons. The van der Waals surface area contributed by atoms with Gasteiger partial charge in [-0.15, -0.1) is 0 Å². The van der Waals surface area contributed by atoms with Crippen LogP contribution >= 0.6 is 0 Å². The Labute approximate surface area is 79.4 Å². The second-order valence-corrected chi connectivity index (χ2v) is 2.71. The number of nitrogens with zero attached hydrogens (tertiary/aromatic N) is 3. The van der Waals surface area contributed by atoms with Crippen molar-refractivity contribution in [3.63, 3.8) is 0 Å². The van der Waals surface area contributed by atoms with Crippen molar-refractivity contribution in [2.24, 2.45) is 5.11 Å². The van der Waals surface area contributed by atoms with Crippen molar-refractivity contribution in [2.75, 3.05) is 6.54 Å². The third-order valence-corrected chi connectivity index (χ3v) is 1.71. The highest BCUT2D eigenvalue weighted by Crippen LogP contribution is 2.04. The maximum absolute atomic E-state index is 8.06. The number of benzene rings is 1. The first kappa shape index (κ1) is 8.14. The second-order valence-electron chi connectivity index (χ2n) is 2.71.